The van der Waals surface area contributed by atoms with E-state index in [1.165, 1.54) is 71.1 Å². The van der Waals surface area contributed by atoms with E-state index in [-0.39, 0.29) is 13.2 Å². The molecule has 0 aromatic heterocycles. The van der Waals surface area contributed by atoms with Crippen molar-refractivity contribution in [3.63, 3.8) is 0 Å². The van der Waals surface area contributed by atoms with Crippen LogP contribution in [0.3, 0.4) is 0 Å². The quantitative estimate of drug-likeness (QED) is 0.0348. The number of aliphatic hydroxyl groups excluding tert-OH is 7. The molecule has 0 aliphatic carbocycles. The number of rotatable bonds is 28. The van der Waals surface area contributed by atoms with E-state index in [0.717, 1.165) is 32.1 Å². The van der Waals surface area contributed by atoms with Crippen LogP contribution in [0.4, 0.5) is 0 Å². The number of aliphatic hydroxyl groups is 7. The van der Waals surface area contributed by atoms with Crippen LogP contribution in [0.25, 0.3) is 0 Å². The number of carbonyl (C=O) groups excluding carboxylic acids is 1. The number of esters is 1. The number of carbonyl (C=O) groups is 1. The fourth-order valence-corrected chi connectivity index (χ4v) is 6.08. The summed E-state index contributed by atoms with van der Waals surface area (Å²) in [5, 5.41) is 70.8. The molecule has 52 heavy (non-hydrogen) atoms. The summed E-state index contributed by atoms with van der Waals surface area (Å²) in [4.78, 5) is 11.7. The SMILES string of the molecule is CCCCCC/C=C\C/C=C\CCCCCCCCCCOCC(COC1OC(COC2OC(CO)C(O)C(O)C2O)C(O)C(O)C1O)OC(C)=O. The first-order valence-corrected chi connectivity index (χ1v) is 19.4. The highest BCUT2D eigenvalue weighted by atomic mass is 16.7. The zero-order chi connectivity index (χ0) is 38.1. The summed E-state index contributed by atoms with van der Waals surface area (Å²) in [7, 11) is 0. The smallest absolute Gasteiger partial charge is 0.303 e. The molecule has 11 atom stereocenters. The van der Waals surface area contributed by atoms with Gasteiger partial charge in [-0.15, -0.1) is 0 Å². The standard InChI is InChI=1S/C38H68O14/c1-3-4-5-6-7-8-9-10-11-12-13-14-15-16-17-18-19-20-21-22-47-24-28(50-27(2)40)25-48-37-36(46)34(44)32(42)30(52-37)26-49-38-35(45)33(43)31(41)29(23-39)51-38/h8-9,11-12,28-39,41-46H,3-7,10,13-26H2,1-2H3/b9-8-,12-11-. The molecule has 0 aromatic rings. The highest BCUT2D eigenvalue weighted by molar-refractivity contribution is 5.66. The van der Waals surface area contributed by atoms with Gasteiger partial charge in [0.05, 0.1) is 26.4 Å². The number of ether oxygens (including phenoxy) is 6. The third-order valence-corrected chi connectivity index (χ3v) is 9.26. The number of allylic oxidation sites excluding steroid dienone is 4. The number of hydrogen-bond donors (Lipinski definition) is 7. The van der Waals surface area contributed by atoms with Crippen molar-refractivity contribution in [3.8, 4) is 0 Å². The van der Waals surface area contributed by atoms with Crippen LogP contribution >= 0.6 is 0 Å². The second-order valence-corrected chi connectivity index (χ2v) is 13.8. The highest BCUT2D eigenvalue weighted by Crippen LogP contribution is 2.26. The summed E-state index contributed by atoms with van der Waals surface area (Å²) < 4.78 is 33.0. The molecule has 0 aromatic carbocycles. The molecule has 2 aliphatic heterocycles. The maximum Gasteiger partial charge on any atom is 0.303 e. The van der Waals surface area contributed by atoms with Crippen molar-refractivity contribution in [3.05, 3.63) is 24.3 Å². The lowest BCUT2D eigenvalue weighted by Gasteiger charge is -2.42. The fourth-order valence-electron chi connectivity index (χ4n) is 6.08. The summed E-state index contributed by atoms with van der Waals surface area (Å²) in [5.74, 6) is -0.555. The van der Waals surface area contributed by atoms with Crippen molar-refractivity contribution < 1.29 is 69.0 Å². The van der Waals surface area contributed by atoms with E-state index < -0.39 is 86.7 Å². The second-order valence-electron chi connectivity index (χ2n) is 13.8. The minimum atomic E-state index is -1.70. The molecule has 11 unspecified atom stereocenters. The molecule has 2 saturated heterocycles. The monoisotopic (exact) mass is 748 g/mol. The van der Waals surface area contributed by atoms with E-state index in [9.17, 15) is 40.5 Å². The van der Waals surface area contributed by atoms with Crippen LogP contribution in [0.1, 0.15) is 110 Å². The topological polar surface area (TPSA) is 214 Å². The maximum absolute atomic E-state index is 11.7. The van der Waals surface area contributed by atoms with E-state index in [4.69, 9.17) is 28.4 Å². The molecule has 2 fully saturated rings. The Morgan fingerprint density at radius 1 is 0.635 bits per heavy atom. The molecule has 0 radical (unpaired) electrons. The molecule has 0 amide bonds. The Morgan fingerprint density at radius 2 is 1.15 bits per heavy atom. The van der Waals surface area contributed by atoms with Crippen LogP contribution in [0.2, 0.25) is 0 Å². The van der Waals surface area contributed by atoms with Crippen molar-refractivity contribution in [1.29, 1.82) is 0 Å². The average Bonchev–Trinajstić information content (AvgIpc) is 3.13. The van der Waals surface area contributed by atoms with Gasteiger partial charge in [0.15, 0.2) is 12.6 Å². The Kier molecular flexibility index (Phi) is 25.1. The van der Waals surface area contributed by atoms with Crippen molar-refractivity contribution in [2.75, 3.05) is 33.0 Å². The van der Waals surface area contributed by atoms with E-state index in [1.54, 1.807) is 0 Å². The predicted molar refractivity (Wildman–Crippen MR) is 192 cm³/mol. The fraction of sp³-hybridized carbons (Fsp3) is 0.868. The molecule has 14 nitrogen and oxygen atoms in total. The van der Waals surface area contributed by atoms with E-state index in [2.05, 4.69) is 31.2 Å². The molecule has 0 saturated carbocycles. The van der Waals surface area contributed by atoms with Crippen LogP contribution in [-0.4, -0.2) is 142 Å². The minimum absolute atomic E-state index is 0.0427. The molecular formula is C38H68O14. The second kappa shape index (κ2) is 28.0. The first-order chi connectivity index (χ1) is 25.1. The van der Waals surface area contributed by atoms with Crippen LogP contribution in [0.15, 0.2) is 24.3 Å². The molecule has 14 heteroatoms. The van der Waals surface area contributed by atoms with E-state index in [0.29, 0.717) is 6.61 Å². The van der Waals surface area contributed by atoms with Gasteiger partial charge >= 0.3 is 5.97 Å². The lowest BCUT2D eigenvalue weighted by molar-refractivity contribution is -0.332. The summed E-state index contributed by atoms with van der Waals surface area (Å²) in [6, 6.07) is 0. The zero-order valence-corrected chi connectivity index (χ0v) is 31.3. The van der Waals surface area contributed by atoms with Crippen LogP contribution in [0.5, 0.6) is 0 Å². The van der Waals surface area contributed by atoms with Gasteiger partial charge in [-0.2, -0.15) is 0 Å². The maximum atomic E-state index is 11.7. The molecule has 2 aliphatic rings. The van der Waals surface area contributed by atoms with Crippen LogP contribution in [0, 0.1) is 0 Å². The van der Waals surface area contributed by atoms with Crippen molar-refractivity contribution in [2.45, 2.75) is 178 Å². The Bertz CT molecular complexity index is 964. The van der Waals surface area contributed by atoms with E-state index in [1.807, 2.05) is 0 Å². The molecule has 0 spiro atoms. The Balaban J connectivity index is 1.59. The van der Waals surface area contributed by atoms with Gasteiger partial charge in [-0.1, -0.05) is 89.0 Å². The lowest BCUT2D eigenvalue weighted by Crippen LogP contribution is -2.61. The zero-order valence-electron chi connectivity index (χ0n) is 31.3. The molecular weight excluding hydrogens is 680 g/mol. The largest absolute Gasteiger partial charge is 0.458 e. The average molecular weight is 749 g/mol. The van der Waals surface area contributed by atoms with Gasteiger partial charge in [0.2, 0.25) is 0 Å². The third-order valence-electron chi connectivity index (χ3n) is 9.26. The van der Waals surface area contributed by atoms with Gasteiger partial charge in [0.1, 0.15) is 54.9 Å². The molecule has 2 heterocycles. The van der Waals surface area contributed by atoms with Crippen molar-refractivity contribution in [1.82, 2.24) is 0 Å². The summed E-state index contributed by atoms with van der Waals surface area (Å²) >= 11 is 0. The number of hydrogen-bond acceptors (Lipinski definition) is 14. The van der Waals surface area contributed by atoms with Crippen LogP contribution in [-0.2, 0) is 33.2 Å². The Labute approximate surface area is 309 Å². The highest BCUT2D eigenvalue weighted by Gasteiger charge is 2.47. The van der Waals surface area contributed by atoms with Crippen LogP contribution < -0.4 is 0 Å². The molecule has 304 valence electrons. The first kappa shape index (κ1) is 46.6. The predicted octanol–water partition coefficient (Wildman–Crippen LogP) is 2.56. The summed E-state index contributed by atoms with van der Waals surface area (Å²) in [6.45, 7) is 2.62. The summed E-state index contributed by atoms with van der Waals surface area (Å²) in [6.07, 6.45) is 10.7. The van der Waals surface area contributed by atoms with Gasteiger partial charge in [-0.25, -0.2) is 0 Å². The Hall–Kier alpha value is -1.53. The van der Waals surface area contributed by atoms with Gasteiger partial charge in [-0.3, -0.25) is 4.79 Å². The first-order valence-electron chi connectivity index (χ1n) is 19.4. The third kappa shape index (κ3) is 18.2. The van der Waals surface area contributed by atoms with Gasteiger partial charge < -0.3 is 64.2 Å². The lowest BCUT2D eigenvalue weighted by atomic mass is 9.98. The normalized spacial score (nSPS) is 30.3. The summed E-state index contributed by atoms with van der Waals surface area (Å²) in [5.41, 5.74) is 0. The molecule has 7 N–H and O–H groups in total. The van der Waals surface area contributed by atoms with Gasteiger partial charge in [0, 0.05) is 13.5 Å². The minimum Gasteiger partial charge on any atom is -0.458 e. The van der Waals surface area contributed by atoms with Gasteiger partial charge in [0.25, 0.3) is 0 Å². The number of unbranched alkanes of at least 4 members (excludes halogenated alkanes) is 12. The van der Waals surface area contributed by atoms with Crippen molar-refractivity contribution in [2.24, 2.45) is 0 Å². The van der Waals surface area contributed by atoms with Gasteiger partial charge in [-0.05, 0) is 38.5 Å². The van der Waals surface area contributed by atoms with Crippen molar-refractivity contribution >= 4 is 5.97 Å². The Morgan fingerprint density at radius 3 is 1.73 bits per heavy atom. The van der Waals surface area contributed by atoms with E-state index >= 15 is 0 Å². The molecule has 2 rings (SSSR count). The molecule has 0 bridgehead atoms.